The van der Waals surface area contributed by atoms with Gasteiger partial charge in [0.1, 0.15) is 11.6 Å². The van der Waals surface area contributed by atoms with Gasteiger partial charge < -0.3 is 10.7 Å². The van der Waals surface area contributed by atoms with Crippen molar-refractivity contribution in [1.82, 2.24) is 4.98 Å². The zero-order valence-corrected chi connectivity index (χ0v) is 12.8. The van der Waals surface area contributed by atoms with Crippen molar-refractivity contribution in [2.75, 3.05) is 10.7 Å². The van der Waals surface area contributed by atoms with E-state index in [4.69, 9.17) is 17.4 Å². The van der Waals surface area contributed by atoms with Crippen LogP contribution in [0.3, 0.4) is 0 Å². The molecular weight excluding hydrogens is 397 g/mol. The first-order valence-electron chi connectivity index (χ1n) is 5.35. The summed E-state index contributed by atoms with van der Waals surface area (Å²) in [6.45, 7) is 0. The molecule has 0 fully saturated rings. The summed E-state index contributed by atoms with van der Waals surface area (Å²) < 4.78 is 0.981. The zero-order valence-electron chi connectivity index (χ0n) is 9.93. The Morgan fingerprint density at radius 2 is 2.00 bits per heavy atom. The molecule has 0 amide bonds. The molecule has 0 atom stereocenters. The number of hydrazine groups is 1. The third-order valence-corrected chi connectivity index (χ3v) is 3.35. The van der Waals surface area contributed by atoms with E-state index in [1.54, 1.807) is 12.1 Å². The molecular formula is C11H9ClIN5O2. The molecule has 104 valence electrons. The molecule has 0 aliphatic heterocycles. The summed E-state index contributed by atoms with van der Waals surface area (Å²) in [7, 11) is 0. The van der Waals surface area contributed by atoms with Crippen molar-refractivity contribution in [2.24, 2.45) is 5.84 Å². The Hall–Kier alpha value is -1.65. The number of halogens is 2. The molecule has 4 N–H and O–H groups in total. The lowest BCUT2D eigenvalue weighted by Gasteiger charge is -2.09. The highest BCUT2D eigenvalue weighted by molar-refractivity contribution is 14.1. The number of rotatable bonds is 4. The van der Waals surface area contributed by atoms with Crippen molar-refractivity contribution in [2.45, 2.75) is 0 Å². The molecule has 2 rings (SSSR count). The van der Waals surface area contributed by atoms with E-state index in [0.717, 1.165) is 3.57 Å². The highest BCUT2D eigenvalue weighted by Gasteiger charge is 2.12. The van der Waals surface area contributed by atoms with Crippen LogP contribution in [-0.4, -0.2) is 9.91 Å². The average Bonchev–Trinajstić information content (AvgIpc) is 2.41. The summed E-state index contributed by atoms with van der Waals surface area (Å²) in [5.74, 6) is 5.70. The summed E-state index contributed by atoms with van der Waals surface area (Å²) in [6.07, 6.45) is 0. The van der Waals surface area contributed by atoms with Crippen LogP contribution in [-0.2, 0) is 0 Å². The quantitative estimate of drug-likeness (QED) is 0.312. The SMILES string of the molecule is NNc1cc([N+](=O)[O-])cc(Nc2ccc(I)cc2Cl)n1. The third kappa shape index (κ3) is 3.46. The highest BCUT2D eigenvalue weighted by atomic mass is 127. The molecule has 0 radical (unpaired) electrons. The number of benzene rings is 1. The first kappa shape index (κ1) is 14.8. The molecule has 0 bridgehead atoms. The molecule has 0 aliphatic carbocycles. The van der Waals surface area contributed by atoms with Gasteiger partial charge in [0.15, 0.2) is 0 Å². The van der Waals surface area contributed by atoms with Crippen molar-refractivity contribution >= 4 is 57.2 Å². The number of nitrogens with two attached hydrogens (primary N) is 1. The summed E-state index contributed by atoms with van der Waals surface area (Å²) in [5, 5.41) is 14.3. The minimum Gasteiger partial charge on any atom is -0.339 e. The van der Waals surface area contributed by atoms with Crippen LogP contribution in [0, 0.1) is 13.7 Å². The molecule has 9 heteroatoms. The lowest BCUT2D eigenvalue weighted by atomic mass is 10.3. The van der Waals surface area contributed by atoms with Crippen LogP contribution in [0.1, 0.15) is 0 Å². The molecule has 0 unspecified atom stereocenters. The normalized spacial score (nSPS) is 10.2. The predicted octanol–water partition coefficient (Wildman–Crippen LogP) is 3.28. The number of anilines is 3. The molecule has 20 heavy (non-hydrogen) atoms. The largest absolute Gasteiger partial charge is 0.339 e. The van der Waals surface area contributed by atoms with Crippen LogP contribution in [0.2, 0.25) is 5.02 Å². The maximum absolute atomic E-state index is 10.8. The van der Waals surface area contributed by atoms with Gasteiger partial charge in [-0.05, 0) is 40.8 Å². The Kier molecular flexibility index (Phi) is 4.57. The van der Waals surface area contributed by atoms with Crippen molar-refractivity contribution in [1.29, 1.82) is 0 Å². The van der Waals surface area contributed by atoms with E-state index in [0.29, 0.717) is 10.7 Å². The fourth-order valence-corrected chi connectivity index (χ4v) is 2.39. The summed E-state index contributed by atoms with van der Waals surface area (Å²) in [6, 6.07) is 7.92. The number of aromatic nitrogens is 1. The maximum atomic E-state index is 10.8. The van der Waals surface area contributed by atoms with E-state index in [1.807, 2.05) is 6.07 Å². The molecule has 2 aromatic rings. The van der Waals surface area contributed by atoms with Gasteiger partial charge in [-0.2, -0.15) is 0 Å². The minimum atomic E-state index is -0.525. The molecule has 7 nitrogen and oxygen atoms in total. The molecule has 1 aromatic heterocycles. The van der Waals surface area contributed by atoms with Gasteiger partial charge in [-0.15, -0.1) is 0 Å². The van der Waals surface area contributed by atoms with Gasteiger partial charge in [-0.25, -0.2) is 10.8 Å². The Morgan fingerprint density at radius 1 is 1.30 bits per heavy atom. The van der Waals surface area contributed by atoms with E-state index < -0.39 is 4.92 Å². The van der Waals surface area contributed by atoms with E-state index in [-0.39, 0.29) is 17.3 Å². The van der Waals surface area contributed by atoms with E-state index in [2.05, 4.69) is 38.3 Å². The van der Waals surface area contributed by atoms with Gasteiger partial charge in [0.05, 0.1) is 27.8 Å². The number of nitro groups is 1. The minimum absolute atomic E-state index is 0.128. The van der Waals surface area contributed by atoms with Crippen LogP contribution in [0.5, 0.6) is 0 Å². The Morgan fingerprint density at radius 3 is 2.60 bits per heavy atom. The Bertz CT molecular complexity index is 667. The molecule has 0 aliphatic rings. The average molecular weight is 406 g/mol. The molecule has 0 spiro atoms. The van der Waals surface area contributed by atoms with Gasteiger partial charge in [0.25, 0.3) is 5.69 Å². The standard InChI is InChI=1S/C11H9ClIN5O2/c12-8-3-6(13)1-2-9(8)15-10-4-7(18(19)20)5-11(16-10)17-14/h1-5H,14H2,(H2,15,16,17). The predicted molar refractivity (Wildman–Crippen MR) is 86.2 cm³/mol. The van der Waals surface area contributed by atoms with Crippen molar-refractivity contribution in [3.05, 3.63) is 49.0 Å². The number of hydrogen-bond acceptors (Lipinski definition) is 6. The van der Waals surface area contributed by atoms with Crippen LogP contribution >= 0.6 is 34.2 Å². The van der Waals surface area contributed by atoms with Crippen molar-refractivity contribution in [3.63, 3.8) is 0 Å². The fourth-order valence-electron chi connectivity index (χ4n) is 1.49. The fraction of sp³-hybridized carbons (Fsp3) is 0. The molecule has 1 heterocycles. The van der Waals surface area contributed by atoms with E-state index in [9.17, 15) is 10.1 Å². The molecule has 0 saturated heterocycles. The summed E-state index contributed by atoms with van der Waals surface area (Å²) in [4.78, 5) is 14.4. The van der Waals surface area contributed by atoms with Gasteiger partial charge in [0, 0.05) is 3.57 Å². The van der Waals surface area contributed by atoms with Crippen molar-refractivity contribution < 1.29 is 4.92 Å². The second-order valence-electron chi connectivity index (χ2n) is 3.75. The molecule has 1 aromatic carbocycles. The first-order valence-corrected chi connectivity index (χ1v) is 6.80. The lowest BCUT2D eigenvalue weighted by Crippen LogP contribution is -2.10. The Labute approximate surface area is 132 Å². The summed E-state index contributed by atoms with van der Waals surface area (Å²) >= 11 is 8.22. The molecule has 0 saturated carbocycles. The summed E-state index contributed by atoms with van der Waals surface area (Å²) in [5.41, 5.74) is 2.75. The van der Waals surface area contributed by atoms with Gasteiger partial charge in [0.2, 0.25) is 0 Å². The number of nitrogens with one attached hydrogen (secondary N) is 2. The van der Waals surface area contributed by atoms with Crippen LogP contribution in [0.4, 0.5) is 23.0 Å². The van der Waals surface area contributed by atoms with Crippen LogP contribution in [0.25, 0.3) is 0 Å². The van der Waals surface area contributed by atoms with Crippen molar-refractivity contribution in [3.8, 4) is 0 Å². The third-order valence-electron chi connectivity index (χ3n) is 2.36. The Balaban J connectivity index is 2.37. The van der Waals surface area contributed by atoms with E-state index >= 15 is 0 Å². The number of nitrogen functional groups attached to an aromatic ring is 1. The van der Waals surface area contributed by atoms with Gasteiger partial charge >= 0.3 is 0 Å². The monoisotopic (exact) mass is 405 g/mol. The smallest absolute Gasteiger partial charge is 0.276 e. The lowest BCUT2D eigenvalue weighted by molar-refractivity contribution is -0.384. The zero-order chi connectivity index (χ0) is 14.7. The number of nitrogens with zero attached hydrogens (tertiary/aromatic N) is 2. The highest BCUT2D eigenvalue weighted by Crippen LogP contribution is 2.28. The van der Waals surface area contributed by atoms with E-state index in [1.165, 1.54) is 12.1 Å². The van der Waals surface area contributed by atoms with Gasteiger partial charge in [-0.3, -0.25) is 10.1 Å². The number of pyridine rings is 1. The van der Waals surface area contributed by atoms with Crippen LogP contribution < -0.4 is 16.6 Å². The van der Waals surface area contributed by atoms with Crippen LogP contribution in [0.15, 0.2) is 30.3 Å². The first-order chi connectivity index (χ1) is 9.49. The topological polar surface area (TPSA) is 106 Å². The number of hydrogen-bond donors (Lipinski definition) is 3. The second-order valence-corrected chi connectivity index (χ2v) is 5.40. The second kappa shape index (κ2) is 6.20. The maximum Gasteiger partial charge on any atom is 0.276 e. The van der Waals surface area contributed by atoms with Gasteiger partial charge in [-0.1, -0.05) is 11.6 Å².